The monoisotopic (exact) mass is 352 g/mol. The van der Waals surface area contributed by atoms with Crippen molar-refractivity contribution in [1.29, 1.82) is 0 Å². The van der Waals surface area contributed by atoms with Crippen molar-refractivity contribution in [3.63, 3.8) is 0 Å². The molecule has 26 heavy (non-hydrogen) atoms. The van der Waals surface area contributed by atoms with E-state index in [1.54, 1.807) is 0 Å². The van der Waals surface area contributed by atoms with Gasteiger partial charge in [-0.15, -0.1) is 0 Å². The van der Waals surface area contributed by atoms with Gasteiger partial charge >= 0.3 is 0 Å². The Morgan fingerprint density at radius 2 is 1.65 bits per heavy atom. The second-order valence-electron chi connectivity index (χ2n) is 7.10. The molecule has 4 nitrogen and oxygen atoms in total. The predicted molar refractivity (Wildman–Crippen MR) is 106 cm³/mol. The van der Waals surface area contributed by atoms with Crippen LogP contribution in [0.25, 0.3) is 11.0 Å². The summed E-state index contributed by atoms with van der Waals surface area (Å²) in [5, 5.41) is 9.20. The molecule has 0 saturated heterocycles. The van der Waals surface area contributed by atoms with Crippen LogP contribution in [0, 0.1) is 27.7 Å². The molecular formula is C22H28N2O2. The van der Waals surface area contributed by atoms with Gasteiger partial charge in [-0.3, -0.25) is 0 Å². The molecule has 0 aliphatic heterocycles. The number of imidazole rings is 1. The molecular weight excluding hydrogens is 324 g/mol. The van der Waals surface area contributed by atoms with E-state index in [1.165, 1.54) is 22.3 Å². The fourth-order valence-electron chi connectivity index (χ4n) is 3.38. The Kier molecular flexibility index (Phi) is 5.62. The average Bonchev–Trinajstić information content (AvgIpc) is 2.89. The number of nitrogens with zero attached hydrogens (tertiary/aromatic N) is 2. The average molecular weight is 352 g/mol. The molecule has 0 atom stereocenters. The highest BCUT2D eigenvalue weighted by molar-refractivity contribution is 5.78. The van der Waals surface area contributed by atoms with Crippen LogP contribution in [0.4, 0.5) is 0 Å². The molecule has 3 aromatic rings. The second kappa shape index (κ2) is 7.92. The third-order valence-corrected chi connectivity index (χ3v) is 4.78. The Bertz CT molecular complexity index is 892. The minimum Gasteiger partial charge on any atom is -0.492 e. The van der Waals surface area contributed by atoms with Gasteiger partial charge in [-0.05, 0) is 80.6 Å². The van der Waals surface area contributed by atoms with Crippen LogP contribution in [0.3, 0.4) is 0 Å². The van der Waals surface area contributed by atoms with Gasteiger partial charge in [0.2, 0.25) is 0 Å². The number of benzene rings is 2. The van der Waals surface area contributed by atoms with E-state index in [9.17, 15) is 5.11 Å². The summed E-state index contributed by atoms with van der Waals surface area (Å²) >= 11 is 0. The third kappa shape index (κ3) is 4.07. The Morgan fingerprint density at radius 3 is 2.35 bits per heavy atom. The summed E-state index contributed by atoms with van der Waals surface area (Å²) in [5.74, 6) is 1.93. The van der Waals surface area contributed by atoms with Crippen molar-refractivity contribution in [3.05, 3.63) is 58.4 Å². The highest BCUT2D eigenvalue weighted by Crippen LogP contribution is 2.22. The Labute approximate surface area is 155 Å². The van der Waals surface area contributed by atoms with Crippen molar-refractivity contribution < 1.29 is 9.84 Å². The van der Waals surface area contributed by atoms with Crippen molar-refractivity contribution in [2.75, 3.05) is 13.2 Å². The SMILES string of the molecule is Cc1cc(C)cc(OCCn2c(CCCO)nc3cc(C)c(C)cc32)c1. The summed E-state index contributed by atoms with van der Waals surface area (Å²) < 4.78 is 8.24. The minimum atomic E-state index is 0.181. The van der Waals surface area contributed by atoms with E-state index < -0.39 is 0 Å². The molecule has 0 radical (unpaired) electrons. The lowest BCUT2D eigenvalue weighted by Crippen LogP contribution is -2.12. The van der Waals surface area contributed by atoms with E-state index >= 15 is 0 Å². The van der Waals surface area contributed by atoms with E-state index in [4.69, 9.17) is 9.72 Å². The quantitative estimate of drug-likeness (QED) is 0.690. The first-order chi connectivity index (χ1) is 12.5. The number of rotatable bonds is 7. The molecule has 0 fully saturated rings. The van der Waals surface area contributed by atoms with Crippen LogP contribution in [-0.4, -0.2) is 27.9 Å². The normalized spacial score (nSPS) is 11.3. The van der Waals surface area contributed by atoms with Gasteiger partial charge in [0.05, 0.1) is 17.6 Å². The van der Waals surface area contributed by atoms with E-state index in [0.717, 1.165) is 42.0 Å². The maximum absolute atomic E-state index is 9.20. The first-order valence-corrected chi connectivity index (χ1v) is 9.26. The molecule has 2 aromatic carbocycles. The first-order valence-electron chi connectivity index (χ1n) is 9.26. The Hall–Kier alpha value is -2.33. The van der Waals surface area contributed by atoms with Crippen LogP contribution in [0.1, 0.15) is 34.5 Å². The zero-order valence-corrected chi connectivity index (χ0v) is 16.2. The topological polar surface area (TPSA) is 47.3 Å². The number of hydrogen-bond acceptors (Lipinski definition) is 3. The van der Waals surface area contributed by atoms with Gasteiger partial charge in [0.1, 0.15) is 18.2 Å². The molecule has 1 heterocycles. The predicted octanol–water partition coefficient (Wildman–Crippen LogP) is 4.27. The fourth-order valence-corrected chi connectivity index (χ4v) is 3.38. The molecule has 1 aromatic heterocycles. The van der Waals surface area contributed by atoms with Crippen molar-refractivity contribution in [1.82, 2.24) is 9.55 Å². The molecule has 0 unspecified atom stereocenters. The lowest BCUT2D eigenvalue weighted by molar-refractivity contribution is 0.283. The second-order valence-corrected chi connectivity index (χ2v) is 7.10. The smallest absolute Gasteiger partial charge is 0.119 e. The van der Waals surface area contributed by atoms with E-state index in [0.29, 0.717) is 6.61 Å². The molecule has 0 saturated carbocycles. The van der Waals surface area contributed by atoms with Crippen LogP contribution >= 0.6 is 0 Å². The molecule has 3 rings (SSSR count). The number of aliphatic hydroxyl groups excluding tert-OH is 1. The lowest BCUT2D eigenvalue weighted by atomic mass is 10.1. The van der Waals surface area contributed by atoms with Crippen molar-refractivity contribution in [2.45, 2.75) is 47.1 Å². The lowest BCUT2D eigenvalue weighted by Gasteiger charge is -2.12. The molecule has 4 heteroatoms. The zero-order valence-electron chi connectivity index (χ0n) is 16.2. The van der Waals surface area contributed by atoms with Crippen LogP contribution in [0.5, 0.6) is 5.75 Å². The minimum absolute atomic E-state index is 0.181. The summed E-state index contributed by atoms with van der Waals surface area (Å²) in [6, 6.07) is 10.6. The van der Waals surface area contributed by atoms with Gasteiger partial charge in [-0.1, -0.05) is 6.07 Å². The Morgan fingerprint density at radius 1 is 0.962 bits per heavy atom. The molecule has 138 valence electrons. The van der Waals surface area contributed by atoms with Gasteiger partial charge < -0.3 is 14.4 Å². The maximum Gasteiger partial charge on any atom is 0.119 e. The van der Waals surface area contributed by atoms with Gasteiger partial charge in [0.15, 0.2) is 0 Å². The first kappa shape index (κ1) is 18.5. The van der Waals surface area contributed by atoms with Gasteiger partial charge in [0, 0.05) is 13.0 Å². The number of ether oxygens (including phenoxy) is 1. The standard InChI is InChI=1S/C22H28N2O2/c1-15-10-16(2)12-19(11-15)26-9-7-24-21-14-18(4)17(3)13-20(21)23-22(24)6-5-8-25/h10-14,25H,5-9H2,1-4H3. The van der Waals surface area contributed by atoms with Crippen LogP contribution in [0.15, 0.2) is 30.3 Å². The molecule has 0 aliphatic rings. The zero-order chi connectivity index (χ0) is 18.7. The van der Waals surface area contributed by atoms with Gasteiger partial charge in [-0.25, -0.2) is 4.98 Å². The molecule has 0 bridgehead atoms. The fraction of sp³-hybridized carbons (Fsp3) is 0.409. The van der Waals surface area contributed by atoms with Crippen molar-refractivity contribution >= 4 is 11.0 Å². The van der Waals surface area contributed by atoms with Crippen molar-refractivity contribution in [3.8, 4) is 5.75 Å². The number of aromatic nitrogens is 2. The Balaban J connectivity index is 1.83. The largest absolute Gasteiger partial charge is 0.492 e. The van der Waals surface area contributed by atoms with Crippen LogP contribution in [-0.2, 0) is 13.0 Å². The molecule has 0 amide bonds. The van der Waals surface area contributed by atoms with E-state index in [-0.39, 0.29) is 6.61 Å². The van der Waals surface area contributed by atoms with Crippen LogP contribution in [0.2, 0.25) is 0 Å². The molecule has 0 aliphatic carbocycles. The summed E-state index contributed by atoms with van der Waals surface area (Å²) in [7, 11) is 0. The summed E-state index contributed by atoms with van der Waals surface area (Å²) in [4.78, 5) is 4.80. The number of aryl methyl sites for hydroxylation is 5. The number of aliphatic hydroxyl groups is 1. The van der Waals surface area contributed by atoms with Crippen molar-refractivity contribution in [2.24, 2.45) is 0 Å². The third-order valence-electron chi connectivity index (χ3n) is 4.78. The number of fused-ring (bicyclic) bond motifs is 1. The molecule has 1 N–H and O–H groups in total. The van der Waals surface area contributed by atoms with E-state index in [1.807, 2.05) is 0 Å². The molecule has 0 spiro atoms. The summed E-state index contributed by atoms with van der Waals surface area (Å²) in [6.45, 7) is 9.93. The maximum atomic E-state index is 9.20. The highest BCUT2D eigenvalue weighted by Gasteiger charge is 2.12. The summed E-state index contributed by atoms with van der Waals surface area (Å²) in [5.41, 5.74) is 7.10. The highest BCUT2D eigenvalue weighted by atomic mass is 16.5. The summed E-state index contributed by atoms with van der Waals surface area (Å²) in [6.07, 6.45) is 1.49. The van der Waals surface area contributed by atoms with E-state index in [2.05, 4.69) is 62.6 Å². The van der Waals surface area contributed by atoms with Crippen LogP contribution < -0.4 is 4.74 Å². The van der Waals surface area contributed by atoms with Gasteiger partial charge in [0.25, 0.3) is 0 Å². The van der Waals surface area contributed by atoms with Gasteiger partial charge in [-0.2, -0.15) is 0 Å². The number of hydrogen-bond donors (Lipinski definition) is 1.